The van der Waals surface area contributed by atoms with Gasteiger partial charge in [-0.25, -0.2) is 14.4 Å². The normalized spacial score (nSPS) is 10.8. The summed E-state index contributed by atoms with van der Waals surface area (Å²) >= 11 is 0. The first-order chi connectivity index (χ1) is 13.2. The molecule has 0 aliphatic carbocycles. The van der Waals surface area contributed by atoms with Gasteiger partial charge in [-0.2, -0.15) is 0 Å². The zero-order valence-electron chi connectivity index (χ0n) is 15.0. The van der Waals surface area contributed by atoms with Crippen LogP contribution in [0.4, 0.5) is 15.9 Å². The maximum atomic E-state index is 14.3. The Morgan fingerprint density at radius 2 is 1.70 bits per heavy atom. The number of hydrogen-bond donors (Lipinski definition) is 1. The van der Waals surface area contributed by atoms with Crippen LogP contribution in [0.15, 0.2) is 66.7 Å². The minimum Gasteiger partial charge on any atom is -0.495 e. The first-order valence-electron chi connectivity index (χ1n) is 8.59. The molecule has 0 aliphatic rings. The molecule has 4 aromatic rings. The van der Waals surface area contributed by atoms with Crippen molar-refractivity contribution in [1.29, 1.82) is 0 Å². The van der Waals surface area contributed by atoms with Gasteiger partial charge < -0.3 is 10.1 Å². The fraction of sp³-hybridized carbons (Fsp3) is 0.0909. The van der Waals surface area contributed by atoms with Crippen LogP contribution in [0, 0.1) is 12.7 Å². The number of hydrogen-bond acceptors (Lipinski definition) is 4. The third kappa shape index (κ3) is 3.31. The van der Waals surface area contributed by atoms with E-state index in [4.69, 9.17) is 4.74 Å². The molecule has 5 heteroatoms. The molecule has 1 heterocycles. The van der Waals surface area contributed by atoms with Crippen molar-refractivity contribution in [2.75, 3.05) is 12.4 Å². The lowest BCUT2D eigenvalue weighted by Gasteiger charge is -2.14. The standard InChI is InChI=1S/C22H18FN3O/c1-14-11-12-20(27-2)19(13-14)25-22-16-8-4-6-10-18(16)24-21(26-22)15-7-3-5-9-17(15)23/h3-13H,1-2H3,(H,24,25,26). The van der Waals surface area contributed by atoms with Crippen LogP contribution in [0.2, 0.25) is 0 Å². The van der Waals surface area contributed by atoms with Gasteiger partial charge in [0.25, 0.3) is 0 Å². The van der Waals surface area contributed by atoms with Crippen LogP contribution in [-0.4, -0.2) is 17.1 Å². The van der Waals surface area contributed by atoms with E-state index < -0.39 is 0 Å². The lowest BCUT2D eigenvalue weighted by atomic mass is 10.1. The number of fused-ring (bicyclic) bond motifs is 1. The van der Waals surface area contributed by atoms with Gasteiger partial charge in [-0.05, 0) is 48.9 Å². The van der Waals surface area contributed by atoms with E-state index in [0.717, 1.165) is 22.2 Å². The van der Waals surface area contributed by atoms with E-state index in [1.165, 1.54) is 6.07 Å². The molecule has 0 saturated carbocycles. The molecule has 0 fully saturated rings. The minimum absolute atomic E-state index is 0.334. The number of para-hydroxylation sites is 1. The Hall–Kier alpha value is -3.47. The largest absolute Gasteiger partial charge is 0.495 e. The first kappa shape index (κ1) is 17.0. The van der Waals surface area contributed by atoms with Crippen LogP contribution in [0.3, 0.4) is 0 Å². The number of halogens is 1. The van der Waals surface area contributed by atoms with Crippen LogP contribution in [0.1, 0.15) is 5.56 Å². The second-order valence-corrected chi connectivity index (χ2v) is 6.22. The summed E-state index contributed by atoms with van der Waals surface area (Å²) in [4.78, 5) is 9.16. The minimum atomic E-state index is -0.355. The zero-order valence-corrected chi connectivity index (χ0v) is 15.0. The number of aromatic nitrogens is 2. The fourth-order valence-electron chi connectivity index (χ4n) is 2.98. The van der Waals surface area contributed by atoms with Crippen molar-refractivity contribution in [3.05, 3.63) is 78.1 Å². The van der Waals surface area contributed by atoms with Crippen molar-refractivity contribution in [2.24, 2.45) is 0 Å². The van der Waals surface area contributed by atoms with Gasteiger partial charge in [-0.1, -0.05) is 30.3 Å². The van der Waals surface area contributed by atoms with Gasteiger partial charge in [0.15, 0.2) is 5.82 Å². The number of anilines is 2. The van der Waals surface area contributed by atoms with Crippen molar-refractivity contribution in [2.45, 2.75) is 6.92 Å². The van der Waals surface area contributed by atoms with Crippen molar-refractivity contribution in [3.63, 3.8) is 0 Å². The van der Waals surface area contributed by atoms with Gasteiger partial charge in [0, 0.05) is 5.39 Å². The highest BCUT2D eigenvalue weighted by Crippen LogP contribution is 2.32. The maximum Gasteiger partial charge on any atom is 0.165 e. The Kier molecular flexibility index (Phi) is 4.42. The molecular weight excluding hydrogens is 341 g/mol. The van der Waals surface area contributed by atoms with Gasteiger partial charge in [0.2, 0.25) is 0 Å². The number of methoxy groups -OCH3 is 1. The molecule has 1 N–H and O–H groups in total. The lowest BCUT2D eigenvalue weighted by molar-refractivity contribution is 0.416. The molecule has 0 atom stereocenters. The predicted octanol–water partition coefficient (Wildman–Crippen LogP) is 5.50. The van der Waals surface area contributed by atoms with Crippen LogP contribution in [0.25, 0.3) is 22.3 Å². The highest BCUT2D eigenvalue weighted by atomic mass is 19.1. The van der Waals surface area contributed by atoms with Crippen LogP contribution < -0.4 is 10.1 Å². The molecule has 0 aliphatic heterocycles. The van der Waals surface area contributed by atoms with E-state index in [2.05, 4.69) is 15.3 Å². The van der Waals surface area contributed by atoms with Crippen LogP contribution >= 0.6 is 0 Å². The van der Waals surface area contributed by atoms with E-state index in [-0.39, 0.29) is 5.82 Å². The summed E-state index contributed by atoms with van der Waals surface area (Å²) in [6.45, 7) is 2.01. The molecule has 0 spiro atoms. The topological polar surface area (TPSA) is 47.0 Å². The number of nitrogens with one attached hydrogen (secondary N) is 1. The van der Waals surface area contributed by atoms with Gasteiger partial charge in [-0.15, -0.1) is 0 Å². The Morgan fingerprint density at radius 3 is 2.52 bits per heavy atom. The summed E-state index contributed by atoms with van der Waals surface area (Å²) in [5.41, 5.74) is 2.98. The van der Waals surface area contributed by atoms with Crippen molar-refractivity contribution >= 4 is 22.4 Å². The average Bonchev–Trinajstić information content (AvgIpc) is 2.68. The lowest BCUT2D eigenvalue weighted by Crippen LogP contribution is -2.02. The number of benzene rings is 3. The second-order valence-electron chi connectivity index (χ2n) is 6.22. The van der Waals surface area contributed by atoms with E-state index in [1.54, 1.807) is 25.3 Å². The van der Waals surface area contributed by atoms with Gasteiger partial charge >= 0.3 is 0 Å². The highest BCUT2D eigenvalue weighted by Gasteiger charge is 2.14. The Labute approximate surface area is 156 Å². The number of aryl methyl sites for hydroxylation is 1. The molecule has 0 bridgehead atoms. The Balaban J connectivity index is 1.90. The van der Waals surface area contributed by atoms with Gasteiger partial charge in [-0.3, -0.25) is 0 Å². The number of nitrogens with zero attached hydrogens (tertiary/aromatic N) is 2. The fourth-order valence-corrected chi connectivity index (χ4v) is 2.98. The number of ether oxygens (including phenoxy) is 1. The summed E-state index contributed by atoms with van der Waals surface area (Å²) < 4.78 is 19.7. The molecule has 4 nitrogen and oxygen atoms in total. The Morgan fingerprint density at radius 1 is 0.926 bits per heavy atom. The molecule has 0 saturated heterocycles. The van der Waals surface area contributed by atoms with E-state index >= 15 is 0 Å². The van der Waals surface area contributed by atoms with Crippen molar-refractivity contribution in [1.82, 2.24) is 9.97 Å². The highest BCUT2D eigenvalue weighted by molar-refractivity contribution is 5.92. The monoisotopic (exact) mass is 359 g/mol. The van der Waals surface area contributed by atoms with Gasteiger partial charge in [0.1, 0.15) is 17.4 Å². The summed E-state index contributed by atoms with van der Waals surface area (Å²) in [6, 6.07) is 20.0. The number of rotatable bonds is 4. The van der Waals surface area contributed by atoms with Crippen LogP contribution in [-0.2, 0) is 0 Å². The predicted molar refractivity (Wildman–Crippen MR) is 106 cm³/mol. The maximum absolute atomic E-state index is 14.3. The SMILES string of the molecule is COc1ccc(C)cc1Nc1nc(-c2ccccc2F)nc2ccccc12. The quantitative estimate of drug-likeness (QED) is 0.523. The first-order valence-corrected chi connectivity index (χ1v) is 8.59. The molecule has 3 aromatic carbocycles. The Bertz CT molecular complexity index is 1130. The molecule has 0 unspecified atom stereocenters. The molecule has 4 rings (SSSR count). The summed E-state index contributed by atoms with van der Waals surface area (Å²) in [5.74, 6) is 1.28. The summed E-state index contributed by atoms with van der Waals surface area (Å²) in [7, 11) is 1.62. The van der Waals surface area contributed by atoms with E-state index in [0.29, 0.717) is 23.0 Å². The summed E-state index contributed by atoms with van der Waals surface area (Å²) in [6.07, 6.45) is 0. The molecule has 1 aromatic heterocycles. The second kappa shape index (κ2) is 7.03. The third-order valence-electron chi connectivity index (χ3n) is 4.33. The van der Waals surface area contributed by atoms with Crippen molar-refractivity contribution in [3.8, 4) is 17.1 Å². The van der Waals surface area contributed by atoms with Gasteiger partial charge in [0.05, 0.1) is 23.9 Å². The van der Waals surface area contributed by atoms with Crippen molar-refractivity contribution < 1.29 is 9.13 Å². The molecule has 134 valence electrons. The van der Waals surface area contributed by atoms with E-state index in [1.807, 2.05) is 49.4 Å². The van der Waals surface area contributed by atoms with Crippen LogP contribution in [0.5, 0.6) is 5.75 Å². The molecular formula is C22H18FN3O. The summed E-state index contributed by atoms with van der Waals surface area (Å²) in [5, 5.41) is 4.19. The van der Waals surface area contributed by atoms with E-state index in [9.17, 15) is 4.39 Å². The molecule has 0 radical (unpaired) electrons. The zero-order chi connectivity index (χ0) is 18.8. The third-order valence-corrected chi connectivity index (χ3v) is 4.33. The smallest absolute Gasteiger partial charge is 0.165 e. The molecule has 27 heavy (non-hydrogen) atoms. The average molecular weight is 359 g/mol. The molecule has 0 amide bonds.